The summed E-state index contributed by atoms with van der Waals surface area (Å²) in [6, 6.07) is 7.40. The molecule has 1 amide bonds. The lowest BCUT2D eigenvalue weighted by Crippen LogP contribution is -2.53. The van der Waals surface area contributed by atoms with Crippen molar-refractivity contribution in [1.29, 1.82) is 0 Å². The first-order valence-corrected chi connectivity index (χ1v) is 10.5. The van der Waals surface area contributed by atoms with Gasteiger partial charge in [-0.15, -0.1) is 0 Å². The van der Waals surface area contributed by atoms with Crippen molar-refractivity contribution in [3.05, 3.63) is 59.2 Å². The Labute approximate surface area is 198 Å². The highest BCUT2D eigenvalue weighted by atomic mass is 19.4. The van der Waals surface area contributed by atoms with Crippen LogP contribution in [0.5, 0.6) is 0 Å². The molecular formula is C23H24BF6NO4. The molecule has 35 heavy (non-hydrogen) atoms. The molecule has 2 aromatic rings. The highest BCUT2D eigenvalue weighted by molar-refractivity contribution is 6.62. The molecule has 1 heterocycles. The molecule has 0 atom stereocenters. The van der Waals surface area contributed by atoms with Crippen LogP contribution < -0.4 is 10.8 Å². The van der Waals surface area contributed by atoms with E-state index < -0.39 is 47.7 Å². The second kappa shape index (κ2) is 8.53. The first-order valence-electron chi connectivity index (χ1n) is 10.5. The van der Waals surface area contributed by atoms with Crippen molar-refractivity contribution < 1.29 is 45.6 Å². The summed E-state index contributed by atoms with van der Waals surface area (Å²) >= 11 is 0. The number of rotatable bonds is 4. The fourth-order valence-electron chi connectivity index (χ4n) is 3.56. The van der Waals surface area contributed by atoms with Crippen LogP contribution in [0, 0.1) is 6.92 Å². The van der Waals surface area contributed by atoms with Crippen molar-refractivity contribution in [3.8, 4) is 0 Å². The molecule has 1 aliphatic rings. The van der Waals surface area contributed by atoms with E-state index in [4.69, 9.17) is 9.31 Å². The van der Waals surface area contributed by atoms with E-state index in [1.807, 2.05) is 27.7 Å². The molecule has 2 N–H and O–H groups in total. The van der Waals surface area contributed by atoms with Gasteiger partial charge in [0.25, 0.3) is 11.5 Å². The topological polar surface area (TPSA) is 67.8 Å². The largest absolute Gasteiger partial charge is 0.495 e. The predicted octanol–water partition coefficient (Wildman–Crippen LogP) is 4.86. The van der Waals surface area contributed by atoms with Crippen LogP contribution in [0.4, 0.5) is 32.0 Å². The second-order valence-corrected chi connectivity index (χ2v) is 9.35. The predicted molar refractivity (Wildman–Crippen MR) is 117 cm³/mol. The molecule has 0 bridgehead atoms. The van der Waals surface area contributed by atoms with Gasteiger partial charge in [0.05, 0.1) is 11.2 Å². The lowest BCUT2D eigenvalue weighted by atomic mass is 9.76. The van der Waals surface area contributed by atoms with Gasteiger partial charge in [-0.05, 0) is 63.8 Å². The highest BCUT2D eigenvalue weighted by Crippen LogP contribution is 2.50. The molecule has 0 aliphatic carbocycles. The Kier molecular flexibility index (Phi) is 6.59. The fraction of sp³-hybridized carbons (Fsp3) is 0.435. The van der Waals surface area contributed by atoms with Gasteiger partial charge in [-0.1, -0.05) is 24.3 Å². The van der Waals surface area contributed by atoms with Gasteiger partial charge in [0.2, 0.25) is 0 Å². The number of carbonyl (C=O) groups excluding carboxylic acids is 1. The Morgan fingerprint density at radius 1 is 0.886 bits per heavy atom. The summed E-state index contributed by atoms with van der Waals surface area (Å²) in [6.07, 6.45) is -12.0. The number of hydrogen-bond donors (Lipinski definition) is 2. The summed E-state index contributed by atoms with van der Waals surface area (Å²) in [5.74, 6) is -0.770. The monoisotopic (exact) mass is 503 g/mol. The number of benzene rings is 2. The maximum Gasteiger partial charge on any atom is 0.495 e. The smallest absolute Gasteiger partial charge is 0.399 e. The normalized spacial score (nSPS) is 18.0. The number of amides is 1. The molecule has 0 radical (unpaired) electrons. The minimum atomic E-state index is -6.01. The quantitative estimate of drug-likeness (QED) is 0.462. The van der Waals surface area contributed by atoms with E-state index >= 15 is 0 Å². The highest BCUT2D eigenvalue weighted by Gasteiger charge is 2.71. The fourth-order valence-corrected chi connectivity index (χ4v) is 3.56. The molecule has 0 spiro atoms. The van der Waals surface area contributed by atoms with Crippen molar-refractivity contribution in [2.45, 2.75) is 63.8 Å². The molecule has 3 rings (SSSR count). The van der Waals surface area contributed by atoms with Crippen LogP contribution >= 0.6 is 0 Å². The summed E-state index contributed by atoms with van der Waals surface area (Å²) in [5, 5.41) is 12.1. The molecule has 0 saturated carbocycles. The van der Waals surface area contributed by atoms with Crippen molar-refractivity contribution in [3.63, 3.8) is 0 Å². The maximum atomic E-state index is 13.1. The van der Waals surface area contributed by atoms with Crippen LogP contribution in [0.3, 0.4) is 0 Å². The minimum Gasteiger partial charge on any atom is -0.399 e. The summed E-state index contributed by atoms with van der Waals surface area (Å²) in [5.41, 5.74) is -6.30. The average molecular weight is 503 g/mol. The zero-order valence-electron chi connectivity index (χ0n) is 19.6. The van der Waals surface area contributed by atoms with Crippen LogP contribution in [0.1, 0.15) is 49.2 Å². The van der Waals surface area contributed by atoms with Gasteiger partial charge in [-0.2, -0.15) is 26.3 Å². The summed E-state index contributed by atoms with van der Waals surface area (Å²) in [4.78, 5) is 12.7. The Morgan fingerprint density at radius 2 is 1.37 bits per heavy atom. The molecule has 1 fully saturated rings. The third-order valence-corrected chi connectivity index (χ3v) is 6.52. The second-order valence-electron chi connectivity index (χ2n) is 9.35. The van der Waals surface area contributed by atoms with Gasteiger partial charge in [0.15, 0.2) is 0 Å². The lowest BCUT2D eigenvalue weighted by Gasteiger charge is -2.32. The SMILES string of the molecule is Cc1c(NC(=O)c2ccc(C(O)(C(F)(F)F)C(F)(F)F)cc2)cccc1B1OC(C)(C)C(C)(C)O1. The number of carbonyl (C=O) groups is 1. The summed E-state index contributed by atoms with van der Waals surface area (Å²) < 4.78 is 90.5. The number of nitrogens with one attached hydrogen (secondary N) is 1. The van der Waals surface area contributed by atoms with Crippen molar-refractivity contribution in [2.24, 2.45) is 0 Å². The van der Waals surface area contributed by atoms with E-state index in [9.17, 15) is 36.2 Å². The molecule has 190 valence electrons. The number of alkyl halides is 6. The third kappa shape index (κ3) is 4.66. The first kappa shape index (κ1) is 27.0. The van der Waals surface area contributed by atoms with Crippen LogP contribution in [0.15, 0.2) is 42.5 Å². The van der Waals surface area contributed by atoms with Gasteiger partial charge < -0.3 is 19.7 Å². The first-order chi connectivity index (χ1) is 15.8. The van der Waals surface area contributed by atoms with E-state index in [0.29, 0.717) is 28.8 Å². The van der Waals surface area contributed by atoms with Crippen molar-refractivity contribution in [1.82, 2.24) is 0 Å². The van der Waals surface area contributed by atoms with Gasteiger partial charge in [0, 0.05) is 16.8 Å². The third-order valence-electron chi connectivity index (χ3n) is 6.52. The Bertz CT molecular complexity index is 1080. The van der Waals surface area contributed by atoms with Crippen LogP contribution in [0.25, 0.3) is 0 Å². The van der Waals surface area contributed by atoms with Crippen LogP contribution in [-0.4, -0.2) is 41.7 Å². The van der Waals surface area contributed by atoms with E-state index in [2.05, 4.69) is 5.32 Å². The van der Waals surface area contributed by atoms with E-state index in [0.717, 1.165) is 12.1 Å². The standard InChI is InChI=1S/C23H24BF6NO4/c1-13-16(24-34-19(2,3)20(4,5)35-24)7-6-8-17(13)31-18(32)14-9-11-15(12-10-14)21(33,22(25,26)27)23(28,29)30/h6-12,33H,1-5H3,(H,31,32). The molecule has 5 nitrogen and oxygen atoms in total. The minimum absolute atomic E-state index is 0.208. The van der Waals surface area contributed by atoms with Crippen molar-refractivity contribution >= 4 is 24.2 Å². The van der Waals surface area contributed by atoms with Gasteiger partial charge in [0.1, 0.15) is 0 Å². The van der Waals surface area contributed by atoms with Gasteiger partial charge in [-0.3, -0.25) is 4.79 Å². The van der Waals surface area contributed by atoms with E-state index in [-0.39, 0.29) is 5.56 Å². The Morgan fingerprint density at radius 3 is 1.83 bits per heavy atom. The van der Waals surface area contributed by atoms with E-state index in [1.54, 1.807) is 25.1 Å². The molecule has 1 aliphatic heterocycles. The molecular weight excluding hydrogens is 479 g/mol. The maximum absolute atomic E-state index is 13.1. The zero-order chi connectivity index (χ0) is 26.6. The van der Waals surface area contributed by atoms with E-state index in [1.165, 1.54) is 0 Å². The zero-order valence-corrected chi connectivity index (χ0v) is 19.6. The lowest BCUT2D eigenvalue weighted by molar-refractivity contribution is -0.376. The average Bonchev–Trinajstić information content (AvgIpc) is 2.94. The van der Waals surface area contributed by atoms with Gasteiger partial charge in [-0.25, -0.2) is 0 Å². The Hall–Kier alpha value is -2.57. The number of aliphatic hydroxyl groups is 1. The van der Waals surface area contributed by atoms with Crippen LogP contribution in [-0.2, 0) is 14.9 Å². The summed E-state index contributed by atoms with van der Waals surface area (Å²) in [7, 11) is -0.710. The summed E-state index contributed by atoms with van der Waals surface area (Å²) in [6.45, 7) is 9.25. The van der Waals surface area contributed by atoms with Crippen LogP contribution in [0.2, 0.25) is 0 Å². The molecule has 0 aromatic heterocycles. The van der Waals surface area contributed by atoms with Crippen molar-refractivity contribution in [2.75, 3.05) is 5.32 Å². The number of anilines is 1. The Balaban J connectivity index is 1.85. The number of hydrogen-bond acceptors (Lipinski definition) is 4. The number of halogens is 6. The molecule has 2 aromatic carbocycles. The molecule has 0 unspecified atom stereocenters. The molecule has 12 heteroatoms. The molecule has 1 saturated heterocycles. The van der Waals surface area contributed by atoms with Gasteiger partial charge >= 0.3 is 19.5 Å².